The zero-order valence-corrected chi connectivity index (χ0v) is 12.5. The molecule has 0 aromatic carbocycles. The molecule has 1 aliphatic rings. The molecule has 1 fully saturated rings. The van der Waals surface area contributed by atoms with E-state index >= 15 is 0 Å². The fourth-order valence-corrected chi connectivity index (χ4v) is 5.21. The Hall–Kier alpha value is -1.02. The molecule has 19 heavy (non-hydrogen) atoms. The topological polar surface area (TPSA) is 77.2 Å². The molecule has 6 nitrogen and oxygen atoms in total. The molecule has 0 saturated carbocycles. The van der Waals surface area contributed by atoms with Gasteiger partial charge in [-0.15, -0.1) is 10.2 Å². The lowest BCUT2D eigenvalue weighted by Gasteiger charge is -2.03. The minimum atomic E-state index is -2.81. The van der Waals surface area contributed by atoms with Crippen molar-refractivity contribution in [3.63, 3.8) is 0 Å². The molecule has 0 aliphatic carbocycles. The summed E-state index contributed by atoms with van der Waals surface area (Å²) in [6.07, 6.45) is 1.48. The van der Waals surface area contributed by atoms with Crippen molar-refractivity contribution in [2.75, 3.05) is 11.5 Å². The normalized spacial score (nSPS) is 22.6. The van der Waals surface area contributed by atoms with Crippen LogP contribution in [0, 0.1) is 5.92 Å². The third kappa shape index (κ3) is 2.51. The molecule has 0 amide bonds. The lowest BCUT2D eigenvalue weighted by atomic mass is 10.1. The van der Waals surface area contributed by atoms with E-state index in [-0.39, 0.29) is 11.8 Å². The molecule has 1 aliphatic heterocycles. The molecule has 2 aromatic heterocycles. The van der Waals surface area contributed by atoms with Gasteiger partial charge in [0.1, 0.15) is 5.01 Å². The number of hydrogen-bond donors (Lipinski definition) is 0. The number of nitrogens with zero attached hydrogens (tertiary/aromatic N) is 4. The van der Waals surface area contributed by atoms with Crippen molar-refractivity contribution in [1.82, 2.24) is 19.8 Å². The number of aromatic nitrogens is 4. The fraction of sp³-hybridized carbons (Fsp3) is 0.727. The van der Waals surface area contributed by atoms with E-state index in [0.717, 1.165) is 28.6 Å². The first-order valence-corrected chi connectivity index (χ1v) is 9.00. The minimum absolute atomic E-state index is 0.205. The van der Waals surface area contributed by atoms with E-state index in [1.807, 2.05) is 0 Å². The molecule has 3 heterocycles. The van der Waals surface area contributed by atoms with Gasteiger partial charge in [-0.3, -0.25) is 0 Å². The lowest BCUT2D eigenvalue weighted by molar-refractivity contribution is 0.577. The van der Waals surface area contributed by atoms with Gasteiger partial charge in [0.15, 0.2) is 15.7 Å². The monoisotopic (exact) mass is 300 g/mol. The molecule has 0 radical (unpaired) electrons. The summed E-state index contributed by atoms with van der Waals surface area (Å²) in [4.78, 5) is 0.791. The SMILES string of the molecule is CC(C)c1nnc2sc(C[C@H]3CCS(=O)(=O)C3)nn12. The third-order valence-electron chi connectivity index (χ3n) is 3.36. The Balaban J connectivity index is 1.83. The third-order valence-corrected chi connectivity index (χ3v) is 6.12. The Morgan fingerprint density at radius 2 is 2.21 bits per heavy atom. The highest BCUT2D eigenvalue weighted by Gasteiger charge is 2.29. The van der Waals surface area contributed by atoms with Gasteiger partial charge in [-0.25, -0.2) is 8.42 Å². The van der Waals surface area contributed by atoms with Gasteiger partial charge in [0, 0.05) is 12.3 Å². The van der Waals surface area contributed by atoms with E-state index in [1.54, 1.807) is 4.52 Å². The fourth-order valence-electron chi connectivity index (χ4n) is 2.39. The maximum Gasteiger partial charge on any atom is 0.234 e. The molecule has 8 heteroatoms. The predicted molar refractivity (Wildman–Crippen MR) is 73.2 cm³/mol. The van der Waals surface area contributed by atoms with Gasteiger partial charge < -0.3 is 0 Å². The molecule has 0 bridgehead atoms. The second kappa shape index (κ2) is 4.52. The Morgan fingerprint density at radius 1 is 1.42 bits per heavy atom. The Bertz CT molecular complexity index is 701. The summed E-state index contributed by atoms with van der Waals surface area (Å²) in [5.74, 6) is 1.95. The molecule has 1 atom stereocenters. The molecule has 1 saturated heterocycles. The number of sulfone groups is 1. The highest BCUT2D eigenvalue weighted by molar-refractivity contribution is 7.91. The van der Waals surface area contributed by atoms with Crippen LogP contribution < -0.4 is 0 Å². The minimum Gasteiger partial charge on any atom is -0.229 e. The Labute approximate surface area is 115 Å². The van der Waals surface area contributed by atoms with Crippen LogP contribution in [0.5, 0.6) is 0 Å². The van der Waals surface area contributed by atoms with Crippen LogP contribution in [-0.2, 0) is 16.3 Å². The van der Waals surface area contributed by atoms with Crippen LogP contribution in [0.15, 0.2) is 0 Å². The van der Waals surface area contributed by atoms with Gasteiger partial charge >= 0.3 is 0 Å². The van der Waals surface area contributed by atoms with E-state index in [9.17, 15) is 8.42 Å². The van der Waals surface area contributed by atoms with E-state index in [0.29, 0.717) is 11.5 Å². The van der Waals surface area contributed by atoms with Crippen LogP contribution in [0.25, 0.3) is 4.96 Å². The number of hydrogen-bond acceptors (Lipinski definition) is 6. The van der Waals surface area contributed by atoms with Crippen LogP contribution in [-0.4, -0.2) is 39.7 Å². The lowest BCUT2D eigenvalue weighted by Crippen LogP contribution is -2.08. The summed E-state index contributed by atoms with van der Waals surface area (Å²) in [7, 11) is -2.81. The van der Waals surface area contributed by atoms with Crippen molar-refractivity contribution in [2.24, 2.45) is 5.92 Å². The molecule has 104 valence electrons. The number of fused-ring (bicyclic) bond motifs is 1. The summed E-state index contributed by atoms with van der Waals surface area (Å²) < 4.78 is 24.7. The first kappa shape index (κ1) is 13.0. The van der Waals surface area contributed by atoms with Crippen LogP contribution in [0.1, 0.15) is 37.0 Å². The van der Waals surface area contributed by atoms with Gasteiger partial charge in [-0.2, -0.15) is 9.61 Å². The van der Waals surface area contributed by atoms with Crippen molar-refractivity contribution < 1.29 is 8.42 Å². The molecule has 0 spiro atoms. The van der Waals surface area contributed by atoms with E-state index in [4.69, 9.17) is 0 Å². The van der Waals surface area contributed by atoms with Crippen LogP contribution >= 0.6 is 11.3 Å². The summed E-state index contributed by atoms with van der Waals surface area (Å²) in [6, 6.07) is 0. The van der Waals surface area contributed by atoms with Crippen molar-refractivity contribution in [1.29, 1.82) is 0 Å². The average Bonchev–Trinajstić information content (AvgIpc) is 2.92. The average molecular weight is 300 g/mol. The Kier molecular flexibility index (Phi) is 3.09. The summed E-state index contributed by atoms with van der Waals surface area (Å²) in [5, 5.41) is 13.7. The largest absolute Gasteiger partial charge is 0.234 e. The second-order valence-electron chi connectivity index (χ2n) is 5.38. The first-order valence-electron chi connectivity index (χ1n) is 6.36. The van der Waals surface area contributed by atoms with Crippen molar-refractivity contribution >= 4 is 26.1 Å². The zero-order valence-electron chi connectivity index (χ0n) is 10.9. The van der Waals surface area contributed by atoms with E-state index in [2.05, 4.69) is 29.1 Å². The smallest absolute Gasteiger partial charge is 0.229 e. The molecule has 3 rings (SSSR count). The summed E-state index contributed by atoms with van der Waals surface area (Å²) in [5.41, 5.74) is 0. The van der Waals surface area contributed by atoms with Gasteiger partial charge in [-0.05, 0) is 12.3 Å². The van der Waals surface area contributed by atoms with Gasteiger partial charge in [0.2, 0.25) is 4.96 Å². The van der Waals surface area contributed by atoms with Crippen LogP contribution in [0.4, 0.5) is 0 Å². The van der Waals surface area contributed by atoms with Gasteiger partial charge in [0.25, 0.3) is 0 Å². The predicted octanol–water partition coefficient (Wildman–Crippen LogP) is 1.29. The van der Waals surface area contributed by atoms with Crippen molar-refractivity contribution in [3.8, 4) is 0 Å². The molecule has 0 unspecified atom stereocenters. The Morgan fingerprint density at radius 3 is 2.84 bits per heavy atom. The quantitative estimate of drug-likeness (QED) is 0.853. The number of rotatable bonds is 3. The zero-order chi connectivity index (χ0) is 13.6. The molecular formula is C11H16N4O2S2. The maximum atomic E-state index is 11.5. The summed E-state index contributed by atoms with van der Waals surface area (Å²) >= 11 is 1.51. The van der Waals surface area contributed by atoms with Gasteiger partial charge in [0.05, 0.1) is 11.5 Å². The van der Waals surface area contributed by atoms with Crippen LogP contribution in [0.3, 0.4) is 0 Å². The van der Waals surface area contributed by atoms with E-state index < -0.39 is 9.84 Å². The first-order chi connectivity index (χ1) is 8.94. The van der Waals surface area contributed by atoms with Crippen molar-refractivity contribution in [2.45, 2.75) is 32.6 Å². The second-order valence-corrected chi connectivity index (χ2v) is 8.65. The highest BCUT2D eigenvalue weighted by atomic mass is 32.2. The maximum absolute atomic E-state index is 11.5. The van der Waals surface area contributed by atoms with Gasteiger partial charge in [-0.1, -0.05) is 25.2 Å². The summed E-state index contributed by atoms with van der Waals surface area (Å²) in [6.45, 7) is 4.11. The van der Waals surface area contributed by atoms with Crippen molar-refractivity contribution in [3.05, 3.63) is 10.8 Å². The standard InChI is InChI=1S/C11H16N4O2S2/c1-7(2)10-12-13-11-15(10)14-9(18-11)5-8-3-4-19(16,17)6-8/h7-8H,3-6H2,1-2H3/t8-/m1/s1. The van der Waals surface area contributed by atoms with Crippen LogP contribution in [0.2, 0.25) is 0 Å². The highest BCUT2D eigenvalue weighted by Crippen LogP contribution is 2.25. The molecule has 0 N–H and O–H groups in total. The molecule has 2 aromatic rings. The molecular weight excluding hydrogens is 284 g/mol. The van der Waals surface area contributed by atoms with E-state index in [1.165, 1.54) is 11.3 Å².